The van der Waals surface area contributed by atoms with Gasteiger partial charge in [-0.25, -0.2) is 0 Å². The number of hydrogen-bond donors (Lipinski definition) is 2. The average Bonchev–Trinajstić information content (AvgIpc) is 1.65. The van der Waals surface area contributed by atoms with E-state index in [1.54, 1.807) is 0 Å². The fourth-order valence-electron chi connectivity index (χ4n) is 0.155. The molecular weight excluding hydrogens is 108 g/mol. The largest absolute Gasteiger partial charge is 0.505 e. The number of amidine groups is 1. The summed E-state index contributed by atoms with van der Waals surface area (Å²) in [5.74, 6) is -0.420. The zero-order chi connectivity index (χ0) is 6.57. The van der Waals surface area contributed by atoms with Gasteiger partial charge in [-0.05, 0) is 0 Å². The normalized spacial score (nSPS) is 10.9. The Morgan fingerprint density at radius 3 is 2.50 bits per heavy atom. The number of ether oxygens (including phenoxy) is 1. The van der Waals surface area contributed by atoms with Gasteiger partial charge in [-0.2, -0.15) is 0 Å². The molecular formula is C3H7N4O-. The highest BCUT2D eigenvalue weighted by Crippen LogP contribution is 1.76. The van der Waals surface area contributed by atoms with Crippen LogP contribution in [-0.2, 0) is 4.74 Å². The predicted octanol–water partition coefficient (Wildman–Crippen LogP) is -0.0655. The highest BCUT2D eigenvalue weighted by molar-refractivity contribution is 5.93. The van der Waals surface area contributed by atoms with E-state index in [-0.39, 0.29) is 6.02 Å². The van der Waals surface area contributed by atoms with Crippen LogP contribution < -0.4 is 5.73 Å². The van der Waals surface area contributed by atoms with Crippen LogP contribution in [0.5, 0.6) is 0 Å². The Morgan fingerprint density at radius 2 is 2.38 bits per heavy atom. The molecule has 0 atom stereocenters. The van der Waals surface area contributed by atoms with Gasteiger partial charge < -0.3 is 21.2 Å². The number of methoxy groups -OCH3 is 1. The van der Waals surface area contributed by atoms with Gasteiger partial charge in [0.1, 0.15) is 5.96 Å². The van der Waals surface area contributed by atoms with Gasteiger partial charge in [-0.3, -0.25) is 5.41 Å². The van der Waals surface area contributed by atoms with Gasteiger partial charge in [0.25, 0.3) is 0 Å². The second-order valence-electron chi connectivity index (χ2n) is 1.01. The Hall–Kier alpha value is -1.26. The Kier molecular flexibility index (Phi) is 2.39. The lowest BCUT2D eigenvalue weighted by Gasteiger charge is -2.04. The summed E-state index contributed by atoms with van der Waals surface area (Å²) in [6.45, 7) is 0. The minimum atomic E-state index is -0.420. The van der Waals surface area contributed by atoms with E-state index in [0.29, 0.717) is 0 Å². The molecule has 0 aliphatic carbocycles. The van der Waals surface area contributed by atoms with E-state index in [2.05, 4.69) is 9.73 Å². The Bertz CT molecular complexity index is 118. The first kappa shape index (κ1) is 6.74. The van der Waals surface area contributed by atoms with Gasteiger partial charge in [0.15, 0.2) is 0 Å². The topological polar surface area (TPSA) is 95.3 Å². The van der Waals surface area contributed by atoms with Crippen LogP contribution in [0.25, 0.3) is 5.73 Å². The van der Waals surface area contributed by atoms with Gasteiger partial charge in [-0.15, -0.1) is 0 Å². The highest BCUT2D eigenvalue weighted by atomic mass is 16.5. The molecule has 0 fully saturated rings. The molecule has 0 spiro atoms. The van der Waals surface area contributed by atoms with E-state index in [1.807, 2.05) is 0 Å². The molecule has 0 bridgehead atoms. The van der Waals surface area contributed by atoms with Crippen LogP contribution >= 0.6 is 0 Å². The summed E-state index contributed by atoms with van der Waals surface area (Å²) in [6.07, 6.45) is 0. The van der Waals surface area contributed by atoms with Crippen LogP contribution in [0.3, 0.4) is 0 Å². The van der Waals surface area contributed by atoms with Gasteiger partial charge in [-0.1, -0.05) is 0 Å². The fourth-order valence-corrected chi connectivity index (χ4v) is 0.155. The molecule has 0 amide bonds. The molecule has 5 heteroatoms. The van der Waals surface area contributed by atoms with Gasteiger partial charge >= 0.3 is 0 Å². The molecule has 0 aromatic carbocycles. The third-order valence-corrected chi connectivity index (χ3v) is 0.415. The molecule has 46 valence electrons. The summed E-state index contributed by atoms with van der Waals surface area (Å²) >= 11 is 0. The maximum Gasteiger partial charge on any atom is 0.107 e. The number of nitrogens with two attached hydrogens (primary N) is 1. The van der Waals surface area contributed by atoms with Crippen molar-refractivity contribution in [3.05, 3.63) is 5.73 Å². The van der Waals surface area contributed by atoms with E-state index in [1.165, 1.54) is 7.11 Å². The van der Waals surface area contributed by atoms with E-state index >= 15 is 0 Å². The van der Waals surface area contributed by atoms with Crippen LogP contribution in [0.2, 0.25) is 0 Å². The molecule has 0 heterocycles. The number of guanidine groups is 1. The van der Waals surface area contributed by atoms with Crippen LogP contribution in [0.1, 0.15) is 0 Å². The highest BCUT2D eigenvalue weighted by Gasteiger charge is 1.71. The molecule has 0 saturated heterocycles. The number of nitrogens with one attached hydrogen (secondary N) is 2. The summed E-state index contributed by atoms with van der Waals surface area (Å²) in [5.41, 5.74) is 11.4. The quantitative estimate of drug-likeness (QED) is 0.341. The number of hydrogen-bond acceptors (Lipinski definition) is 2. The molecule has 8 heavy (non-hydrogen) atoms. The molecule has 0 aromatic rings. The fraction of sp³-hybridized carbons (Fsp3) is 0.333. The molecule has 0 aliphatic rings. The SMILES string of the molecule is COC([NH-])=NC(=N)N. The van der Waals surface area contributed by atoms with Crippen LogP contribution in [0.4, 0.5) is 0 Å². The van der Waals surface area contributed by atoms with Gasteiger partial charge in [0.2, 0.25) is 0 Å². The Balaban J connectivity index is 3.75. The van der Waals surface area contributed by atoms with Gasteiger partial charge in [0, 0.05) is 0 Å². The van der Waals surface area contributed by atoms with Crippen molar-refractivity contribution in [2.24, 2.45) is 10.7 Å². The minimum Gasteiger partial charge on any atom is -0.505 e. The second-order valence-corrected chi connectivity index (χ2v) is 1.01. The lowest BCUT2D eigenvalue weighted by molar-refractivity contribution is 0.408. The Labute approximate surface area is 46.8 Å². The summed E-state index contributed by atoms with van der Waals surface area (Å²) in [7, 11) is 1.29. The first-order chi connectivity index (χ1) is 3.66. The van der Waals surface area contributed by atoms with Crippen molar-refractivity contribution in [3.8, 4) is 0 Å². The maximum atomic E-state index is 6.66. The zero-order valence-corrected chi connectivity index (χ0v) is 4.43. The third-order valence-electron chi connectivity index (χ3n) is 0.415. The molecule has 0 rings (SSSR count). The third kappa shape index (κ3) is 2.95. The number of nitrogens with zero attached hydrogens (tertiary/aromatic N) is 1. The van der Waals surface area contributed by atoms with Crippen LogP contribution in [0.15, 0.2) is 4.99 Å². The van der Waals surface area contributed by atoms with E-state index in [9.17, 15) is 0 Å². The molecule has 4 N–H and O–H groups in total. The zero-order valence-electron chi connectivity index (χ0n) is 4.43. The summed E-state index contributed by atoms with van der Waals surface area (Å²) in [4.78, 5) is 3.12. The molecule has 0 aromatic heterocycles. The second kappa shape index (κ2) is 2.84. The van der Waals surface area contributed by atoms with Crippen molar-refractivity contribution in [2.75, 3.05) is 7.11 Å². The average molecular weight is 115 g/mol. The lowest BCUT2D eigenvalue weighted by atomic mass is 11.0. The molecule has 0 saturated carbocycles. The van der Waals surface area contributed by atoms with Crippen LogP contribution in [0, 0.1) is 5.41 Å². The predicted molar refractivity (Wildman–Crippen MR) is 30.7 cm³/mol. The lowest BCUT2D eigenvalue weighted by Crippen LogP contribution is -2.08. The van der Waals surface area contributed by atoms with Crippen molar-refractivity contribution >= 4 is 12.0 Å². The Morgan fingerprint density at radius 1 is 1.88 bits per heavy atom. The molecule has 0 unspecified atom stereocenters. The van der Waals surface area contributed by atoms with E-state index < -0.39 is 5.96 Å². The summed E-state index contributed by atoms with van der Waals surface area (Å²) < 4.78 is 4.26. The van der Waals surface area contributed by atoms with Crippen molar-refractivity contribution < 1.29 is 4.74 Å². The number of aliphatic imine (C=N–C) groups is 1. The maximum absolute atomic E-state index is 6.66. The van der Waals surface area contributed by atoms with Crippen molar-refractivity contribution in [3.63, 3.8) is 0 Å². The monoisotopic (exact) mass is 115 g/mol. The summed E-state index contributed by atoms with van der Waals surface area (Å²) in [6, 6.07) is -0.350. The standard InChI is InChI=1S/C3H7N4O/c1-8-3(6)7-2(4)5/h1H3,(H4-,4,5,6,7)/q-1. The minimum absolute atomic E-state index is 0.350. The molecule has 5 nitrogen and oxygen atoms in total. The molecule has 0 radical (unpaired) electrons. The summed E-state index contributed by atoms with van der Waals surface area (Å²) in [5, 5.41) is 6.52. The van der Waals surface area contributed by atoms with Crippen LogP contribution in [-0.4, -0.2) is 19.1 Å². The van der Waals surface area contributed by atoms with Gasteiger partial charge in [0.05, 0.1) is 13.1 Å². The van der Waals surface area contributed by atoms with E-state index in [4.69, 9.17) is 16.9 Å². The smallest absolute Gasteiger partial charge is 0.107 e. The first-order valence-corrected chi connectivity index (χ1v) is 1.85. The van der Waals surface area contributed by atoms with Crippen molar-refractivity contribution in [1.29, 1.82) is 5.41 Å². The van der Waals surface area contributed by atoms with Crippen molar-refractivity contribution in [2.45, 2.75) is 0 Å². The van der Waals surface area contributed by atoms with E-state index in [0.717, 1.165) is 0 Å². The van der Waals surface area contributed by atoms with Crippen molar-refractivity contribution in [1.82, 2.24) is 0 Å². The first-order valence-electron chi connectivity index (χ1n) is 1.85. The molecule has 0 aliphatic heterocycles. The number of rotatable bonds is 0.